The van der Waals surface area contributed by atoms with E-state index in [0.29, 0.717) is 0 Å². The highest BCUT2D eigenvalue weighted by Crippen LogP contribution is 2.23. The lowest BCUT2D eigenvalue weighted by Crippen LogP contribution is -2.15. The second kappa shape index (κ2) is 5.01. The van der Waals surface area contributed by atoms with E-state index in [1.807, 2.05) is 0 Å². The highest BCUT2D eigenvalue weighted by Gasteiger charge is 2.13. The number of halogens is 2. The van der Waals surface area contributed by atoms with E-state index in [1.54, 1.807) is 12.1 Å². The Bertz CT molecular complexity index is 604. The van der Waals surface area contributed by atoms with E-state index in [1.165, 1.54) is 18.3 Å². The van der Waals surface area contributed by atoms with E-state index < -0.39 is 11.7 Å². The van der Waals surface area contributed by atoms with Gasteiger partial charge in [0.1, 0.15) is 0 Å². The third-order valence-corrected chi connectivity index (χ3v) is 2.65. The Hall–Kier alpha value is -2.14. The summed E-state index contributed by atoms with van der Waals surface area (Å²) in [6, 6.07) is 6.03. The Balaban J connectivity index is 2.28. The maximum atomic E-state index is 13.3. The van der Waals surface area contributed by atoms with E-state index in [4.69, 9.17) is 17.3 Å². The largest absolute Gasteiger partial charge is 0.397 e. The quantitative estimate of drug-likeness (QED) is 0.821. The van der Waals surface area contributed by atoms with Crippen LogP contribution in [-0.2, 0) is 0 Å². The number of para-hydroxylation sites is 1. The van der Waals surface area contributed by atoms with Gasteiger partial charge in [-0.1, -0.05) is 17.7 Å². The highest BCUT2D eigenvalue weighted by molar-refractivity contribution is 6.34. The number of pyridine rings is 1. The number of amides is 1. The number of carbonyl (C=O) groups excluding carboxylic acids is 1. The van der Waals surface area contributed by atoms with Crippen LogP contribution in [0.15, 0.2) is 36.7 Å². The number of nitrogen functional groups attached to an aromatic ring is 1. The van der Waals surface area contributed by atoms with Crippen molar-refractivity contribution in [3.63, 3.8) is 0 Å². The SMILES string of the molecule is Nc1c(Cl)cccc1C(=O)Nc1ccncc1F. The fourth-order valence-corrected chi connectivity index (χ4v) is 1.58. The Morgan fingerprint density at radius 2 is 2.17 bits per heavy atom. The third-order valence-electron chi connectivity index (χ3n) is 2.32. The zero-order valence-corrected chi connectivity index (χ0v) is 9.91. The van der Waals surface area contributed by atoms with Gasteiger partial charge in [-0.05, 0) is 18.2 Å². The standard InChI is InChI=1S/C12H9ClFN3O/c13-8-3-1-2-7(11(8)15)12(18)17-10-4-5-16-6-9(10)14/h1-6H,15H2,(H,16,17,18). The van der Waals surface area contributed by atoms with Crippen molar-refractivity contribution in [3.8, 4) is 0 Å². The predicted molar refractivity (Wildman–Crippen MR) is 68.0 cm³/mol. The molecule has 6 heteroatoms. The van der Waals surface area contributed by atoms with Crippen molar-refractivity contribution in [2.45, 2.75) is 0 Å². The Labute approximate surface area is 108 Å². The first-order chi connectivity index (χ1) is 8.59. The first-order valence-electron chi connectivity index (χ1n) is 5.04. The van der Waals surface area contributed by atoms with Crippen LogP contribution in [0.2, 0.25) is 5.02 Å². The maximum absolute atomic E-state index is 13.3. The maximum Gasteiger partial charge on any atom is 0.257 e. The molecule has 18 heavy (non-hydrogen) atoms. The molecule has 0 atom stereocenters. The van der Waals surface area contributed by atoms with E-state index in [-0.39, 0.29) is 22.0 Å². The van der Waals surface area contributed by atoms with Crippen LogP contribution in [0, 0.1) is 5.82 Å². The number of nitrogens with two attached hydrogens (primary N) is 1. The fourth-order valence-electron chi connectivity index (χ4n) is 1.40. The summed E-state index contributed by atoms with van der Waals surface area (Å²) in [4.78, 5) is 15.5. The van der Waals surface area contributed by atoms with Gasteiger partial charge in [0.2, 0.25) is 0 Å². The van der Waals surface area contributed by atoms with Gasteiger partial charge in [-0.2, -0.15) is 0 Å². The number of hydrogen-bond acceptors (Lipinski definition) is 3. The minimum absolute atomic E-state index is 0.0365. The van der Waals surface area contributed by atoms with Crippen molar-refractivity contribution in [1.29, 1.82) is 0 Å². The van der Waals surface area contributed by atoms with Gasteiger partial charge in [0.05, 0.1) is 28.2 Å². The van der Waals surface area contributed by atoms with Crippen LogP contribution >= 0.6 is 11.6 Å². The molecule has 2 aromatic rings. The smallest absolute Gasteiger partial charge is 0.257 e. The van der Waals surface area contributed by atoms with Crippen molar-refractivity contribution in [2.75, 3.05) is 11.1 Å². The summed E-state index contributed by atoms with van der Waals surface area (Å²) in [6.45, 7) is 0. The van der Waals surface area contributed by atoms with Crippen LogP contribution in [0.1, 0.15) is 10.4 Å². The molecular formula is C12H9ClFN3O. The van der Waals surface area contributed by atoms with Gasteiger partial charge < -0.3 is 11.1 Å². The summed E-state index contributed by atoms with van der Waals surface area (Å²) < 4.78 is 13.3. The minimum atomic E-state index is -0.619. The van der Waals surface area contributed by atoms with Gasteiger partial charge in [-0.15, -0.1) is 0 Å². The molecule has 0 fully saturated rings. The summed E-state index contributed by atoms with van der Waals surface area (Å²) >= 11 is 5.80. The number of aromatic nitrogens is 1. The summed E-state index contributed by atoms with van der Waals surface area (Å²) in [7, 11) is 0. The second-order valence-corrected chi connectivity index (χ2v) is 3.92. The van der Waals surface area contributed by atoms with Crippen molar-refractivity contribution >= 4 is 28.9 Å². The predicted octanol–water partition coefficient (Wildman–Crippen LogP) is 2.71. The second-order valence-electron chi connectivity index (χ2n) is 3.51. The molecule has 0 saturated heterocycles. The average Bonchev–Trinajstić information content (AvgIpc) is 2.35. The van der Waals surface area contributed by atoms with Crippen molar-refractivity contribution < 1.29 is 9.18 Å². The molecule has 1 aromatic carbocycles. The number of anilines is 2. The summed E-state index contributed by atoms with van der Waals surface area (Å²) in [5.41, 5.74) is 6.06. The van der Waals surface area contributed by atoms with Gasteiger partial charge in [-0.25, -0.2) is 4.39 Å². The monoisotopic (exact) mass is 265 g/mol. The van der Waals surface area contributed by atoms with Gasteiger partial charge in [0.25, 0.3) is 5.91 Å². The molecule has 0 bridgehead atoms. The van der Waals surface area contributed by atoms with Crippen LogP contribution in [0.4, 0.5) is 15.8 Å². The number of hydrogen-bond donors (Lipinski definition) is 2. The Morgan fingerprint density at radius 1 is 1.39 bits per heavy atom. The van der Waals surface area contributed by atoms with Crippen LogP contribution in [-0.4, -0.2) is 10.9 Å². The van der Waals surface area contributed by atoms with Gasteiger partial charge >= 0.3 is 0 Å². The molecular weight excluding hydrogens is 257 g/mol. The van der Waals surface area contributed by atoms with Gasteiger partial charge in [-0.3, -0.25) is 9.78 Å². The molecule has 0 aliphatic carbocycles. The number of nitrogens with one attached hydrogen (secondary N) is 1. The van der Waals surface area contributed by atoms with Crippen LogP contribution in [0.3, 0.4) is 0 Å². The minimum Gasteiger partial charge on any atom is -0.397 e. The van der Waals surface area contributed by atoms with E-state index in [2.05, 4.69) is 10.3 Å². The molecule has 0 aliphatic rings. The lowest BCUT2D eigenvalue weighted by Gasteiger charge is -2.08. The summed E-state index contributed by atoms with van der Waals surface area (Å²) in [5, 5.41) is 2.68. The molecule has 1 aromatic heterocycles. The van der Waals surface area contributed by atoms with E-state index >= 15 is 0 Å². The zero-order valence-electron chi connectivity index (χ0n) is 9.15. The van der Waals surface area contributed by atoms with Gasteiger partial charge in [0, 0.05) is 6.20 Å². The number of rotatable bonds is 2. The normalized spacial score (nSPS) is 10.1. The molecule has 0 aliphatic heterocycles. The Morgan fingerprint density at radius 3 is 2.89 bits per heavy atom. The van der Waals surface area contributed by atoms with Gasteiger partial charge in [0.15, 0.2) is 5.82 Å². The van der Waals surface area contributed by atoms with Crippen molar-refractivity contribution in [3.05, 3.63) is 53.1 Å². The summed E-state index contributed by atoms with van der Waals surface area (Å²) in [5.74, 6) is -1.15. The molecule has 4 nitrogen and oxygen atoms in total. The summed E-state index contributed by atoms with van der Waals surface area (Å²) in [6.07, 6.45) is 2.39. The van der Waals surface area contributed by atoms with E-state index in [0.717, 1.165) is 6.20 Å². The number of nitrogens with zero attached hydrogens (tertiary/aromatic N) is 1. The molecule has 0 radical (unpaired) electrons. The zero-order chi connectivity index (χ0) is 13.1. The molecule has 0 saturated carbocycles. The molecule has 1 amide bonds. The molecule has 0 spiro atoms. The molecule has 1 heterocycles. The Kier molecular flexibility index (Phi) is 3.43. The molecule has 92 valence electrons. The first-order valence-corrected chi connectivity index (χ1v) is 5.42. The lowest BCUT2D eigenvalue weighted by atomic mass is 10.1. The molecule has 0 unspecified atom stereocenters. The molecule has 3 N–H and O–H groups in total. The number of carbonyl (C=O) groups is 1. The first kappa shape index (κ1) is 12.3. The third kappa shape index (κ3) is 2.41. The highest BCUT2D eigenvalue weighted by atomic mass is 35.5. The van der Waals surface area contributed by atoms with Crippen LogP contribution in [0.5, 0.6) is 0 Å². The van der Waals surface area contributed by atoms with E-state index in [9.17, 15) is 9.18 Å². The topological polar surface area (TPSA) is 68.0 Å². The van der Waals surface area contributed by atoms with Crippen LogP contribution in [0.25, 0.3) is 0 Å². The molecule has 2 rings (SSSR count). The van der Waals surface area contributed by atoms with Crippen molar-refractivity contribution in [1.82, 2.24) is 4.98 Å². The lowest BCUT2D eigenvalue weighted by molar-refractivity contribution is 0.102. The van der Waals surface area contributed by atoms with Crippen molar-refractivity contribution in [2.24, 2.45) is 0 Å². The fraction of sp³-hybridized carbons (Fsp3) is 0. The average molecular weight is 266 g/mol. The van der Waals surface area contributed by atoms with Crippen LogP contribution < -0.4 is 11.1 Å². The number of benzene rings is 1.